The molecule has 6 nitrogen and oxygen atoms in total. The van der Waals surface area contributed by atoms with E-state index in [2.05, 4.69) is 5.32 Å². The van der Waals surface area contributed by atoms with E-state index >= 15 is 0 Å². The van der Waals surface area contributed by atoms with Crippen molar-refractivity contribution in [1.29, 1.82) is 0 Å². The van der Waals surface area contributed by atoms with E-state index < -0.39 is 24.3 Å². The highest BCUT2D eigenvalue weighted by Crippen LogP contribution is 2.21. The number of anilines is 1. The lowest BCUT2D eigenvalue weighted by atomic mass is 9.96. The summed E-state index contributed by atoms with van der Waals surface area (Å²) >= 11 is 0. The fraction of sp³-hybridized carbons (Fsp3) is 0.182. The van der Waals surface area contributed by atoms with E-state index in [0.717, 1.165) is 0 Å². The van der Waals surface area contributed by atoms with E-state index in [4.69, 9.17) is 10.2 Å². The Morgan fingerprint density at radius 2 is 1.82 bits per heavy atom. The molecule has 90 valence electrons. The third kappa shape index (κ3) is 3.60. The van der Waals surface area contributed by atoms with Crippen molar-refractivity contribution in [2.45, 2.75) is 12.3 Å². The van der Waals surface area contributed by atoms with E-state index in [9.17, 15) is 14.4 Å². The van der Waals surface area contributed by atoms with Crippen LogP contribution in [0.2, 0.25) is 0 Å². The average molecular weight is 237 g/mol. The van der Waals surface area contributed by atoms with Crippen molar-refractivity contribution < 1.29 is 24.6 Å². The number of hydrogen-bond donors (Lipinski definition) is 3. The van der Waals surface area contributed by atoms with E-state index in [-0.39, 0.29) is 0 Å². The molecule has 3 N–H and O–H groups in total. The minimum atomic E-state index is -1.19. The molecule has 1 atom stereocenters. The molecule has 0 fully saturated rings. The van der Waals surface area contributed by atoms with Crippen LogP contribution in [0.5, 0.6) is 0 Å². The Morgan fingerprint density at radius 3 is 2.24 bits per heavy atom. The van der Waals surface area contributed by atoms with Crippen LogP contribution in [0.15, 0.2) is 24.3 Å². The molecule has 0 spiro atoms. The van der Waals surface area contributed by atoms with Crippen LogP contribution in [-0.4, -0.2) is 28.6 Å². The van der Waals surface area contributed by atoms with E-state index in [1.165, 1.54) is 24.3 Å². The van der Waals surface area contributed by atoms with E-state index in [1.807, 2.05) is 0 Å². The van der Waals surface area contributed by atoms with Crippen LogP contribution in [0.1, 0.15) is 17.9 Å². The molecule has 1 aromatic carbocycles. The molecule has 1 unspecified atom stereocenters. The number of carbonyl (C=O) groups is 3. The van der Waals surface area contributed by atoms with Gasteiger partial charge in [0.2, 0.25) is 6.41 Å². The Bertz CT molecular complexity index is 426. The SMILES string of the molecule is O=CNc1ccc(C(CC(=O)O)C(=O)O)cc1. The lowest BCUT2D eigenvalue weighted by molar-refractivity contribution is -0.145. The lowest BCUT2D eigenvalue weighted by Crippen LogP contribution is -2.15. The Labute approximate surface area is 96.9 Å². The van der Waals surface area contributed by atoms with Gasteiger partial charge in [0, 0.05) is 5.69 Å². The molecule has 0 saturated carbocycles. The molecule has 0 aromatic heterocycles. The maximum atomic E-state index is 10.9. The summed E-state index contributed by atoms with van der Waals surface area (Å²) in [6.45, 7) is 0. The lowest BCUT2D eigenvalue weighted by Gasteiger charge is -2.10. The molecule has 0 aliphatic carbocycles. The summed E-state index contributed by atoms with van der Waals surface area (Å²) in [6, 6.07) is 5.99. The number of nitrogens with one attached hydrogen (secondary N) is 1. The average Bonchev–Trinajstić information content (AvgIpc) is 2.27. The minimum absolute atomic E-state index is 0.386. The topological polar surface area (TPSA) is 104 Å². The number of rotatable bonds is 6. The summed E-state index contributed by atoms with van der Waals surface area (Å²) in [6.07, 6.45) is 0.0245. The molecule has 0 heterocycles. The van der Waals surface area contributed by atoms with Gasteiger partial charge >= 0.3 is 11.9 Å². The number of carboxylic acid groups (broad SMARTS) is 2. The summed E-state index contributed by atoms with van der Waals surface area (Å²) in [4.78, 5) is 31.6. The largest absolute Gasteiger partial charge is 0.481 e. The highest BCUT2D eigenvalue weighted by molar-refractivity contribution is 5.82. The predicted molar refractivity (Wildman–Crippen MR) is 58.8 cm³/mol. The van der Waals surface area contributed by atoms with Gasteiger partial charge in [0.05, 0.1) is 12.3 Å². The monoisotopic (exact) mass is 237 g/mol. The Hall–Kier alpha value is -2.37. The van der Waals surface area contributed by atoms with E-state index in [1.54, 1.807) is 0 Å². The van der Waals surface area contributed by atoms with Crippen LogP contribution in [0.25, 0.3) is 0 Å². The molecule has 0 aliphatic heterocycles. The van der Waals surface area contributed by atoms with E-state index in [0.29, 0.717) is 17.7 Å². The van der Waals surface area contributed by atoms with Gasteiger partial charge in [-0.15, -0.1) is 0 Å². The van der Waals surface area contributed by atoms with Gasteiger partial charge in [-0.2, -0.15) is 0 Å². The second-order valence-electron chi connectivity index (χ2n) is 3.37. The molecule has 1 amide bonds. The van der Waals surface area contributed by atoms with Crippen LogP contribution < -0.4 is 5.32 Å². The molecule has 0 saturated heterocycles. The van der Waals surface area contributed by atoms with Gasteiger partial charge in [-0.25, -0.2) is 0 Å². The first-order valence-corrected chi connectivity index (χ1v) is 4.79. The normalized spacial score (nSPS) is 11.5. The molecule has 0 aliphatic rings. The van der Waals surface area contributed by atoms with Crippen LogP contribution in [0, 0.1) is 0 Å². The zero-order valence-electron chi connectivity index (χ0n) is 8.79. The summed E-state index contributed by atoms with van der Waals surface area (Å²) in [5.74, 6) is -3.45. The molecular formula is C11H11NO5. The van der Waals surface area contributed by atoms with Crippen LogP contribution in [0.4, 0.5) is 5.69 Å². The summed E-state index contributed by atoms with van der Waals surface area (Å²) in [5, 5.41) is 19.9. The molecule has 6 heteroatoms. The summed E-state index contributed by atoms with van der Waals surface area (Å²) in [5.41, 5.74) is 0.902. The van der Waals surface area contributed by atoms with Gasteiger partial charge in [0.15, 0.2) is 0 Å². The second kappa shape index (κ2) is 5.64. The highest BCUT2D eigenvalue weighted by atomic mass is 16.4. The Balaban J connectivity index is 2.91. The van der Waals surface area contributed by atoms with Crippen molar-refractivity contribution in [1.82, 2.24) is 0 Å². The van der Waals surface area contributed by atoms with Crippen molar-refractivity contribution in [3.05, 3.63) is 29.8 Å². The smallest absolute Gasteiger partial charge is 0.311 e. The molecule has 0 radical (unpaired) electrons. The molecular weight excluding hydrogens is 226 g/mol. The number of carbonyl (C=O) groups excluding carboxylic acids is 1. The third-order valence-corrected chi connectivity index (χ3v) is 2.22. The van der Waals surface area contributed by atoms with Crippen molar-refractivity contribution >= 4 is 24.0 Å². The number of benzene rings is 1. The van der Waals surface area contributed by atoms with Gasteiger partial charge in [-0.3, -0.25) is 14.4 Å². The molecule has 1 aromatic rings. The van der Waals surface area contributed by atoms with Crippen molar-refractivity contribution in [2.75, 3.05) is 5.32 Å². The summed E-state index contributed by atoms with van der Waals surface area (Å²) < 4.78 is 0. The zero-order valence-corrected chi connectivity index (χ0v) is 8.79. The molecule has 1 rings (SSSR count). The zero-order chi connectivity index (χ0) is 12.8. The number of aliphatic carboxylic acids is 2. The fourth-order valence-electron chi connectivity index (χ4n) is 1.40. The van der Waals surface area contributed by atoms with Crippen LogP contribution in [-0.2, 0) is 14.4 Å². The number of carboxylic acids is 2. The maximum Gasteiger partial charge on any atom is 0.311 e. The molecule has 0 bridgehead atoms. The minimum Gasteiger partial charge on any atom is -0.481 e. The van der Waals surface area contributed by atoms with Gasteiger partial charge in [0.25, 0.3) is 0 Å². The quantitative estimate of drug-likeness (QED) is 0.637. The second-order valence-corrected chi connectivity index (χ2v) is 3.37. The Kier molecular flexibility index (Phi) is 4.21. The van der Waals surface area contributed by atoms with Crippen molar-refractivity contribution in [3.8, 4) is 0 Å². The first-order valence-electron chi connectivity index (χ1n) is 4.79. The van der Waals surface area contributed by atoms with Gasteiger partial charge < -0.3 is 15.5 Å². The predicted octanol–water partition coefficient (Wildman–Crippen LogP) is 0.898. The van der Waals surface area contributed by atoms with Gasteiger partial charge in [0.1, 0.15) is 0 Å². The molecule has 17 heavy (non-hydrogen) atoms. The summed E-state index contributed by atoms with van der Waals surface area (Å²) in [7, 11) is 0. The fourth-order valence-corrected chi connectivity index (χ4v) is 1.40. The van der Waals surface area contributed by atoms with Crippen LogP contribution in [0.3, 0.4) is 0 Å². The first kappa shape index (κ1) is 12.7. The standard InChI is InChI=1S/C11H11NO5/c13-6-12-8-3-1-7(2-4-8)9(11(16)17)5-10(14)15/h1-4,6,9H,5H2,(H,12,13)(H,14,15)(H,16,17). The number of amides is 1. The maximum absolute atomic E-state index is 10.9. The van der Waals surface area contributed by atoms with Crippen molar-refractivity contribution in [2.24, 2.45) is 0 Å². The first-order chi connectivity index (χ1) is 8.04. The van der Waals surface area contributed by atoms with Crippen LogP contribution >= 0.6 is 0 Å². The Morgan fingerprint density at radius 1 is 1.24 bits per heavy atom. The number of hydrogen-bond acceptors (Lipinski definition) is 3. The van der Waals surface area contributed by atoms with Gasteiger partial charge in [-0.05, 0) is 17.7 Å². The third-order valence-electron chi connectivity index (χ3n) is 2.22. The highest BCUT2D eigenvalue weighted by Gasteiger charge is 2.22. The van der Waals surface area contributed by atoms with Crippen molar-refractivity contribution in [3.63, 3.8) is 0 Å². The van der Waals surface area contributed by atoms with Gasteiger partial charge in [-0.1, -0.05) is 12.1 Å².